The van der Waals surface area contributed by atoms with Gasteiger partial charge in [0.1, 0.15) is 0 Å². The molecule has 0 amide bonds. The largest absolute Gasteiger partial charge is 0.478 e. The number of hydrogen-bond donors (Lipinski definition) is 3. The van der Waals surface area contributed by atoms with Gasteiger partial charge in [0.15, 0.2) is 0 Å². The van der Waals surface area contributed by atoms with Crippen molar-refractivity contribution in [3.05, 3.63) is 59.9 Å². The Balaban J connectivity index is 0.000000392. The quantitative estimate of drug-likeness (QED) is 0.471. The SMILES string of the molecule is Cc1cnc(N2CCN(CCC(CN)C3=Nc4ccccc4CC3)CC2)nc1.O=C(O)/C=C/C(=O)O. The summed E-state index contributed by atoms with van der Waals surface area (Å²) in [5, 5.41) is 15.6. The van der Waals surface area contributed by atoms with Crippen LogP contribution in [0, 0.1) is 12.8 Å². The molecular weight excluding hydrogens is 460 g/mol. The minimum atomic E-state index is -1.26. The topological polar surface area (TPSA) is 145 Å². The van der Waals surface area contributed by atoms with Crippen molar-refractivity contribution >= 4 is 29.3 Å². The van der Waals surface area contributed by atoms with Crippen LogP contribution in [0.5, 0.6) is 0 Å². The van der Waals surface area contributed by atoms with Crippen LogP contribution in [0.4, 0.5) is 11.6 Å². The molecule has 0 spiro atoms. The van der Waals surface area contributed by atoms with E-state index in [1.807, 2.05) is 19.3 Å². The Hall–Kier alpha value is -3.63. The highest BCUT2D eigenvalue weighted by Crippen LogP contribution is 2.28. The van der Waals surface area contributed by atoms with Crippen LogP contribution in [0.15, 0.2) is 53.8 Å². The zero-order valence-corrected chi connectivity index (χ0v) is 20.6. The van der Waals surface area contributed by atoms with Crippen LogP contribution in [0.3, 0.4) is 0 Å². The van der Waals surface area contributed by atoms with Gasteiger partial charge in [-0.3, -0.25) is 9.89 Å². The van der Waals surface area contributed by atoms with Crippen LogP contribution < -0.4 is 10.6 Å². The highest BCUT2D eigenvalue weighted by atomic mass is 16.4. The summed E-state index contributed by atoms with van der Waals surface area (Å²) in [5.74, 6) is -1.29. The Morgan fingerprint density at radius 2 is 1.67 bits per heavy atom. The molecule has 1 unspecified atom stereocenters. The van der Waals surface area contributed by atoms with Gasteiger partial charge in [0, 0.05) is 68.9 Å². The number of aliphatic carboxylic acids is 2. The van der Waals surface area contributed by atoms with Gasteiger partial charge in [-0.2, -0.15) is 0 Å². The number of para-hydroxylation sites is 1. The van der Waals surface area contributed by atoms with E-state index in [0.29, 0.717) is 24.6 Å². The van der Waals surface area contributed by atoms with Crippen LogP contribution in [-0.4, -0.2) is 82.0 Å². The molecule has 0 aliphatic carbocycles. The first-order valence-corrected chi connectivity index (χ1v) is 12.1. The normalized spacial score (nSPS) is 16.5. The number of carboxylic acid groups (broad SMARTS) is 2. The minimum Gasteiger partial charge on any atom is -0.478 e. The zero-order chi connectivity index (χ0) is 25.9. The monoisotopic (exact) mass is 494 g/mol. The maximum atomic E-state index is 9.55. The van der Waals surface area contributed by atoms with E-state index in [1.54, 1.807) is 0 Å². The van der Waals surface area contributed by atoms with E-state index >= 15 is 0 Å². The fraction of sp³-hybridized carbons (Fsp3) is 0.423. The average Bonchev–Trinajstić information content (AvgIpc) is 2.89. The molecule has 2 aliphatic rings. The molecule has 1 aromatic carbocycles. The standard InChI is InChI=1S/C22H30N6.C4H4O4/c1-17-15-24-22(25-16-17)28-12-10-27(11-13-28)9-8-19(14-23)21-7-6-18-4-2-3-5-20(18)26-21;5-3(6)1-2-4(7)8/h2-5,15-16,19H,6-14,23H2,1H3;1-2H,(H,5,6)(H,7,8)/b;2-1+. The molecule has 2 aliphatic heterocycles. The van der Waals surface area contributed by atoms with Crippen LogP contribution >= 0.6 is 0 Å². The molecular formula is C26H34N6O4. The van der Waals surface area contributed by atoms with Gasteiger partial charge in [-0.25, -0.2) is 19.6 Å². The predicted molar refractivity (Wildman–Crippen MR) is 139 cm³/mol. The maximum absolute atomic E-state index is 9.55. The maximum Gasteiger partial charge on any atom is 0.328 e. The van der Waals surface area contributed by atoms with Crippen molar-refractivity contribution in [2.24, 2.45) is 16.6 Å². The third-order valence-electron chi connectivity index (χ3n) is 6.25. The highest BCUT2D eigenvalue weighted by molar-refractivity contribution is 5.91. The number of aromatic nitrogens is 2. The minimum absolute atomic E-state index is 0.381. The van der Waals surface area contributed by atoms with Gasteiger partial charge in [0.25, 0.3) is 0 Å². The summed E-state index contributed by atoms with van der Waals surface area (Å²) in [4.78, 5) is 37.8. The number of hydrogen-bond acceptors (Lipinski definition) is 8. The average molecular weight is 495 g/mol. The fourth-order valence-corrected chi connectivity index (χ4v) is 4.22. The number of aryl methyl sites for hydroxylation is 2. The molecule has 2 aromatic rings. The predicted octanol–water partition coefficient (Wildman–Crippen LogP) is 2.30. The molecule has 192 valence electrons. The number of fused-ring (bicyclic) bond motifs is 1. The van der Waals surface area contributed by atoms with Crippen LogP contribution in [0.25, 0.3) is 0 Å². The lowest BCUT2D eigenvalue weighted by Crippen LogP contribution is -2.47. The summed E-state index contributed by atoms with van der Waals surface area (Å²) in [6.45, 7) is 7.82. The van der Waals surface area contributed by atoms with E-state index in [1.165, 1.54) is 11.3 Å². The lowest BCUT2D eigenvalue weighted by Gasteiger charge is -2.35. The molecule has 3 heterocycles. The van der Waals surface area contributed by atoms with E-state index in [2.05, 4.69) is 44.0 Å². The summed E-state index contributed by atoms with van der Waals surface area (Å²) in [6, 6.07) is 8.47. The van der Waals surface area contributed by atoms with Crippen molar-refractivity contribution in [1.29, 1.82) is 0 Å². The van der Waals surface area contributed by atoms with E-state index in [4.69, 9.17) is 20.9 Å². The summed E-state index contributed by atoms with van der Waals surface area (Å²) < 4.78 is 0. The van der Waals surface area contributed by atoms with Crippen LogP contribution in [0.2, 0.25) is 0 Å². The molecule has 1 fully saturated rings. The Labute approximate surface area is 211 Å². The van der Waals surface area contributed by atoms with Crippen molar-refractivity contribution < 1.29 is 19.8 Å². The number of nitrogens with zero attached hydrogens (tertiary/aromatic N) is 5. The van der Waals surface area contributed by atoms with Crippen molar-refractivity contribution in [2.45, 2.75) is 26.2 Å². The summed E-state index contributed by atoms with van der Waals surface area (Å²) in [5.41, 5.74) is 11.0. The molecule has 4 rings (SSSR count). The summed E-state index contributed by atoms with van der Waals surface area (Å²) >= 11 is 0. The number of carbonyl (C=O) groups is 2. The van der Waals surface area contributed by atoms with Gasteiger partial charge in [-0.05, 0) is 49.9 Å². The summed E-state index contributed by atoms with van der Waals surface area (Å²) in [6.07, 6.45) is 8.11. The van der Waals surface area contributed by atoms with E-state index < -0.39 is 11.9 Å². The first kappa shape index (κ1) is 27.0. The lowest BCUT2D eigenvalue weighted by molar-refractivity contribution is -0.134. The van der Waals surface area contributed by atoms with Crippen molar-refractivity contribution in [3.8, 4) is 0 Å². The van der Waals surface area contributed by atoms with Gasteiger partial charge in [0.2, 0.25) is 5.95 Å². The molecule has 1 aromatic heterocycles. The highest BCUT2D eigenvalue weighted by Gasteiger charge is 2.23. The second-order valence-electron chi connectivity index (χ2n) is 8.85. The molecule has 0 radical (unpaired) electrons. The molecule has 0 bridgehead atoms. The zero-order valence-electron chi connectivity index (χ0n) is 20.6. The van der Waals surface area contributed by atoms with Gasteiger partial charge in [0.05, 0.1) is 5.69 Å². The van der Waals surface area contributed by atoms with E-state index in [-0.39, 0.29) is 0 Å². The Morgan fingerprint density at radius 3 is 2.28 bits per heavy atom. The second kappa shape index (κ2) is 13.5. The van der Waals surface area contributed by atoms with Gasteiger partial charge in [-0.1, -0.05) is 18.2 Å². The molecule has 10 heteroatoms. The molecule has 10 nitrogen and oxygen atoms in total. The number of aliphatic imine (C=N–C) groups is 1. The molecule has 1 atom stereocenters. The van der Waals surface area contributed by atoms with Gasteiger partial charge < -0.3 is 20.8 Å². The Kier molecular flexibility index (Phi) is 10.1. The first-order chi connectivity index (χ1) is 17.4. The number of carboxylic acids is 2. The third-order valence-corrected chi connectivity index (χ3v) is 6.25. The first-order valence-electron chi connectivity index (χ1n) is 12.1. The number of nitrogens with two attached hydrogens (primary N) is 1. The Morgan fingerprint density at radius 1 is 1.03 bits per heavy atom. The second-order valence-corrected chi connectivity index (χ2v) is 8.85. The van der Waals surface area contributed by atoms with Crippen molar-refractivity contribution in [3.63, 3.8) is 0 Å². The molecule has 1 saturated heterocycles. The molecule has 36 heavy (non-hydrogen) atoms. The van der Waals surface area contributed by atoms with Crippen LogP contribution in [0.1, 0.15) is 24.0 Å². The number of piperazine rings is 1. The number of rotatable bonds is 8. The van der Waals surface area contributed by atoms with Crippen molar-refractivity contribution in [2.75, 3.05) is 44.2 Å². The number of anilines is 1. The number of benzene rings is 1. The summed E-state index contributed by atoms with van der Waals surface area (Å²) in [7, 11) is 0. The Bertz CT molecular complexity index is 1060. The van der Waals surface area contributed by atoms with Crippen molar-refractivity contribution in [1.82, 2.24) is 14.9 Å². The third kappa shape index (κ3) is 8.24. The lowest BCUT2D eigenvalue weighted by atomic mass is 9.91. The smallest absolute Gasteiger partial charge is 0.328 e. The van der Waals surface area contributed by atoms with E-state index in [9.17, 15) is 9.59 Å². The fourth-order valence-electron chi connectivity index (χ4n) is 4.22. The van der Waals surface area contributed by atoms with Gasteiger partial charge in [-0.15, -0.1) is 0 Å². The molecule has 4 N–H and O–H groups in total. The van der Waals surface area contributed by atoms with E-state index in [0.717, 1.165) is 69.2 Å². The van der Waals surface area contributed by atoms with Crippen LogP contribution in [-0.2, 0) is 16.0 Å². The molecule has 0 saturated carbocycles. The van der Waals surface area contributed by atoms with Gasteiger partial charge >= 0.3 is 11.9 Å².